The van der Waals surface area contributed by atoms with Crippen LogP contribution in [0.25, 0.3) is 0 Å². The minimum Gasteiger partial charge on any atom is -0.379 e. The molecule has 6 nitrogen and oxygen atoms in total. The minimum absolute atomic E-state index is 0. The standard InChI is InChI=1S/C25H30N4O2.ClH/c30-23-15-25(10-12-26-13-11-25)27-22-8-4-3-7-21(22)17-29(23)18-24(31)28-14-9-19-5-1-2-6-20(19)16-28;/h1-8,26-27H,9-18H2;1H. The van der Waals surface area contributed by atoms with Crippen molar-refractivity contribution in [2.24, 2.45) is 0 Å². The molecular formula is C25H31ClN4O2. The molecule has 0 bridgehead atoms. The van der Waals surface area contributed by atoms with Gasteiger partial charge in [0.15, 0.2) is 0 Å². The van der Waals surface area contributed by atoms with Crippen molar-refractivity contribution in [3.8, 4) is 0 Å². The number of fused-ring (bicyclic) bond motifs is 2. The number of anilines is 1. The van der Waals surface area contributed by atoms with Gasteiger partial charge in [0.1, 0.15) is 6.54 Å². The highest BCUT2D eigenvalue weighted by molar-refractivity contribution is 5.86. The lowest BCUT2D eigenvalue weighted by atomic mass is 9.83. The molecule has 2 aromatic carbocycles. The zero-order valence-corrected chi connectivity index (χ0v) is 19.1. The first-order chi connectivity index (χ1) is 15.1. The van der Waals surface area contributed by atoms with E-state index in [1.807, 2.05) is 23.1 Å². The number of nitrogens with one attached hydrogen (secondary N) is 2. The van der Waals surface area contributed by atoms with Crippen molar-refractivity contribution in [2.45, 2.75) is 44.3 Å². The number of carbonyl (C=O) groups excluding carboxylic acids is 2. The Morgan fingerprint density at radius 3 is 2.41 bits per heavy atom. The fourth-order valence-electron chi connectivity index (χ4n) is 5.13. The van der Waals surface area contributed by atoms with Gasteiger partial charge < -0.3 is 20.4 Å². The average molecular weight is 455 g/mol. The highest BCUT2D eigenvalue weighted by atomic mass is 35.5. The monoisotopic (exact) mass is 454 g/mol. The third kappa shape index (κ3) is 4.62. The number of hydrogen-bond acceptors (Lipinski definition) is 4. The number of para-hydroxylation sites is 1. The second kappa shape index (κ2) is 9.51. The molecule has 2 amide bonds. The van der Waals surface area contributed by atoms with E-state index in [1.165, 1.54) is 11.1 Å². The van der Waals surface area contributed by atoms with Gasteiger partial charge in [-0.3, -0.25) is 9.59 Å². The molecular weight excluding hydrogens is 424 g/mol. The van der Waals surface area contributed by atoms with E-state index in [1.54, 1.807) is 4.90 Å². The number of amides is 2. The van der Waals surface area contributed by atoms with Crippen LogP contribution in [0.15, 0.2) is 48.5 Å². The van der Waals surface area contributed by atoms with E-state index < -0.39 is 0 Å². The molecule has 1 fully saturated rings. The van der Waals surface area contributed by atoms with Crippen LogP contribution in [0.1, 0.15) is 36.0 Å². The topological polar surface area (TPSA) is 64.7 Å². The molecule has 0 aromatic heterocycles. The molecule has 3 aliphatic rings. The van der Waals surface area contributed by atoms with Crippen LogP contribution in [-0.2, 0) is 29.1 Å². The maximum atomic E-state index is 13.4. The van der Waals surface area contributed by atoms with Gasteiger partial charge in [-0.1, -0.05) is 42.5 Å². The van der Waals surface area contributed by atoms with Gasteiger partial charge in [-0.15, -0.1) is 12.4 Å². The predicted molar refractivity (Wildman–Crippen MR) is 128 cm³/mol. The zero-order valence-electron chi connectivity index (χ0n) is 18.3. The highest BCUT2D eigenvalue weighted by Gasteiger charge is 2.38. The number of nitrogens with zero attached hydrogens (tertiary/aromatic N) is 2. The van der Waals surface area contributed by atoms with Gasteiger partial charge in [0.05, 0.1) is 0 Å². The number of benzene rings is 2. The second-order valence-electron chi connectivity index (χ2n) is 9.07. The van der Waals surface area contributed by atoms with Crippen molar-refractivity contribution >= 4 is 29.9 Å². The molecule has 5 rings (SSSR count). The molecule has 3 heterocycles. The maximum Gasteiger partial charge on any atom is 0.242 e. The molecule has 0 saturated carbocycles. The van der Waals surface area contributed by atoms with Crippen molar-refractivity contribution in [3.05, 3.63) is 65.2 Å². The molecule has 1 spiro atoms. The first-order valence-corrected chi connectivity index (χ1v) is 11.3. The molecule has 32 heavy (non-hydrogen) atoms. The van der Waals surface area contributed by atoms with Crippen LogP contribution < -0.4 is 10.6 Å². The van der Waals surface area contributed by atoms with Crippen molar-refractivity contribution in [1.82, 2.24) is 15.1 Å². The molecule has 7 heteroatoms. The Morgan fingerprint density at radius 2 is 1.62 bits per heavy atom. The molecule has 1 saturated heterocycles. The summed E-state index contributed by atoms with van der Waals surface area (Å²) in [5.74, 6) is 0.0999. The molecule has 0 aliphatic carbocycles. The van der Waals surface area contributed by atoms with Crippen LogP contribution in [0.2, 0.25) is 0 Å². The lowest BCUT2D eigenvalue weighted by molar-refractivity contribution is -0.142. The van der Waals surface area contributed by atoms with Gasteiger partial charge in [-0.25, -0.2) is 0 Å². The lowest BCUT2D eigenvalue weighted by Gasteiger charge is -2.42. The Balaban J connectivity index is 0.00000245. The van der Waals surface area contributed by atoms with Crippen LogP contribution in [0.4, 0.5) is 5.69 Å². The first kappa shape index (κ1) is 22.6. The van der Waals surface area contributed by atoms with Gasteiger partial charge in [0, 0.05) is 37.3 Å². The Bertz CT molecular complexity index is 989. The summed E-state index contributed by atoms with van der Waals surface area (Å²) >= 11 is 0. The van der Waals surface area contributed by atoms with Gasteiger partial charge in [-0.05, 0) is 55.1 Å². The third-order valence-corrected chi connectivity index (χ3v) is 6.99. The first-order valence-electron chi connectivity index (χ1n) is 11.3. The van der Waals surface area contributed by atoms with E-state index in [0.717, 1.165) is 43.6 Å². The fourth-order valence-corrected chi connectivity index (χ4v) is 5.13. The maximum absolute atomic E-state index is 13.4. The summed E-state index contributed by atoms with van der Waals surface area (Å²) in [4.78, 5) is 30.2. The Morgan fingerprint density at radius 1 is 0.938 bits per heavy atom. The minimum atomic E-state index is -0.246. The number of piperidine rings is 1. The zero-order chi connectivity index (χ0) is 21.3. The summed E-state index contributed by atoms with van der Waals surface area (Å²) in [5.41, 5.74) is 4.45. The normalized spacial score (nSPS) is 19.7. The number of carbonyl (C=O) groups is 2. The van der Waals surface area contributed by atoms with Crippen LogP contribution >= 0.6 is 12.4 Å². The molecule has 0 atom stereocenters. The van der Waals surface area contributed by atoms with E-state index in [-0.39, 0.29) is 36.3 Å². The van der Waals surface area contributed by atoms with Crippen LogP contribution in [0, 0.1) is 0 Å². The number of halogens is 1. The summed E-state index contributed by atoms with van der Waals surface area (Å²) in [6.07, 6.45) is 3.10. The van der Waals surface area contributed by atoms with Crippen molar-refractivity contribution < 1.29 is 9.59 Å². The van der Waals surface area contributed by atoms with E-state index in [9.17, 15) is 9.59 Å². The molecule has 0 unspecified atom stereocenters. The van der Waals surface area contributed by atoms with E-state index in [2.05, 4.69) is 41.0 Å². The average Bonchev–Trinajstić information content (AvgIpc) is 2.79. The number of rotatable bonds is 2. The quantitative estimate of drug-likeness (QED) is 0.732. The van der Waals surface area contributed by atoms with Crippen molar-refractivity contribution in [1.29, 1.82) is 0 Å². The fraction of sp³-hybridized carbons (Fsp3) is 0.440. The largest absolute Gasteiger partial charge is 0.379 e. The van der Waals surface area contributed by atoms with Gasteiger partial charge in [-0.2, -0.15) is 0 Å². The SMILES string of the molecule is Cl.O=C(CN1Cc2ccccc2NC2(CCNCC2)CC1=O)N1CCc2ccccc2C1. The van der Waals surface area contributed by atoms with Crippen LogP contribution in [0.5, 0.6) is 0 Å². The van der Waals surface area contributed by atoms with Crippen LogP contribution in [0.3, 0.4) is 0 Å². The van der Waals surface area contributed by atoms with E-state index >= 15 is 0 Å². The molecule has 170 valence electrons. The summed E-state index contributed by atoms with van der Waals surface area (Å²) in [6.45, 7) is 3.75. The number of hydrogen-bond donors (Lipinski definition) is 2. The van der Waals surface area contributed by atoms with Gasteiger partial charge in [0.2, 0.25) is 11.8 Å². The molecule has 0 radical (unpaired) electrons. The molecule has 2 N–H and O–H groups in total. The van der Waals surface area contributed by atoms with Gasteiger partial charge >= 0.3 is 0 Å². The Kier molecular flexibility index (Phi) is 6.72. The van der Waals surface area contributed by atoms with Crippen molar-refractivity contribution in [2.75, 3.05) is 31.5 Å². The van der Waals surface area contributed by atoms with E-state index in [0.29, 0.717) is 26.1 Å². The molecule has 3 aliphatic heterocycles. The third-order valence-electron chi connectivity index (χ3n) is 6.99. The summed E-state index contributed by atoms with van der Waals surface area (Å²) in [7, 11) is 0. The smallest absolute Gasteiger partial charge is 0.242 e. The Hall–Kier alpha value is -2.57. The highest BCUT2D eigenvalue weighted by Crippen LogP contribution is 2.33. The summed E-state index contributed by atoms with van der Waals surface area (Å²) in [6, 6.07) is 16.5. The summed E-state index contributed by atoms with van der Waals surface area (Å²) < 4.78 is 0. The lowest BCUT2D eigenvalue weighted by Crippen LogP contribution is -2.53. The predicted octanol–water partition coefficient (Wildman–Crippen LogP) is 2.96. The summed E-state index contributed by atoms with van der Waals surface area (Å²) in [5, 5.41) is 7.11. The van der Waals surface area contributed by atoms with Crippen LogP contribution in [-0.4, -0.2) is 53.3 Å². The Labute approximate surface area is 195 Å². The van der Waals surface area contributed by atoms with Crippen molar-refractivity contribution in [3.63, 3.8) is 0 Å². The van der Waals surface area contributed by atoms with E-state index in [4.69, 9.17) is 0 Å². The second-order valence-corrected chi connectivity index (χ2v) is 9.07. The van der Waals surface area contributed by atoms with Gasteiger partial charge in [0.25, 0.3) is 0 Å². The molecule has 2 aromatic rings.